The fraction of sp³-hybridized carbons (Fsp3) is 0.600. The van der Waals surface area contributed by atoms with Gasteiger partial charge in [0, 0.05) is 37.0 Å². The highest BCUT2D eigenvalue weighted by Gasteiger charge is 2.46. The summed E-state index contributed by atoms with van der Waals surface area (Å²) in [7, 11) is 2.78. The predicted octanol–water partition coefficient (Wildman–Crippen LogP) is 4.94. The molecule has 1 aromatic carbocycles. The molecule has 0 spiro atoms. The van der Waals surface area contributed by atoms with E-state index >= 15 is 4.39 Å². The molecule has 222 valence electrons. The molecule has 2 N–H and O–H groups in total. The summed E-state index contributed by atoms with van der Waals surface area (Å²) in [6, 6.07) is 1.53. The summed E-state index contributed by atoms with van der Waals surface area (Å²) >= 11 is 0. The Labute approximate surface area is 240 Å². The van der Waals surface area contributed by atoms with E-state index in [0.717, 1.165) is 37.7 Å². The zero-order valence-corrected chi connectivity index (χ0v) is 24.5. The van der Waals surface area contributed by atoms with Crippen molar-refractivity contribution in [1.82, 2.24) is 19.8 Å². The highest BCUT2D eigenvalue weighted by atomic mass is 19.1. The van der Waals surface area contributed by atoms with Gasteiger partial charge in [-0.15, -0.1) is 0 Å². The van der Waals surface area contributed by atoms with E-state index in [1.807, 2.05) is 31.7 Å². The van der Waals surface area contributed by atoms with E-state index < -0.39 is 11.4 Å². The van der Waals surface area contributed by atoms with Crippen LogP contribution in [0.3, 0.4) is 0 Å². The number of nitrogen functional groups attached to an aromatic ring is 1. The molecule has 2 aliphatic heterocycles. The van der Waals surface area contributed by atoms with Crippen molar-refractivity contribution >= 4 is 34.3 Å². The van der Waals surface area contributed by atoms with Gasteiger partial charge in [-0.25, -0.2) is 19.2 Å². The molecule has 3 heterocycles. The van der Waals surface area contributed by atoms with E-state index in [2.05, 4.69) is 9.97 Å². The van der Waals surface area contributed by atoms with Gasteiger partial charge in [0.25, 0.3) is 0 Å². The van der Waals surface area contributed by atoms with E-state index in [-0.39, 0.29) is 53.3 Å². The van der Waals surface area contributed by atoms with Crippen LogP contribution in [-0.4, -0.2) is 76.8 Å². The van der Waals surface area contributed by atoms with Gasteiger partial charge in [-0.05, 0) is 64.0 Å². The Bertz CT molecular complexity index is 1370. The third kappa shape index (κ3) is 5.76. The van der Waals surface area contributed by atoms with Crippen molar-refractivity contribution in [1.29, 1.82) is 0 Å². The molecule has 2 aromatic rings. The number of fused-ring (bicyclic) bond motifs is 2. The summed E-state index contributed by atoms with van der Waals surface area (Å²) in [4.78, 5) is 39.2. The molecule has 2 amide bonds. The van der Waals surface area contributed by atoms with E-state index in [1.165, 1.54) is 14.2 Å². The second-order valence-corrected chi connectivity index (χ2v) is 12.2. The van der Waals surface area contributed by atoms with Gasteiger partial charge in [-0.3, -0.25) is 4.79 Å². The van der Waals surface area contributed by atoms with E-state index in [1.54, 1.807) is 11.0 Å². The lowest BCUT2D eigenvalue weighted by molar-refractivity contribution is -0.131. The van der Waals surface area contributed by atoms with Crippen LogP contribution in [-0.2, 0) is 9.53 Å². The highest BCUT2D eigenvalue weighted by molar-refractivity contribution is 5.92. The minimum Gasteiger partial charge on any atom is -0.493 e. The van der Waals surface area contributed by atoms with Crippen molar-refractivity contribution < 1.29 is 28.2 Å². The SMILES string of the molecule is COc1cc2c(N)nc(C3=CCN(C(=O)C[C@@H]4C[C@@H]5CCCC[C@@H]5N4C(=O)OC(C)(C)C)CC3)nc2c(F)c1OC. The standard InChI is InChI=1S/C30H40FN5O5/c1-30(2,3)41-29(38)36-19(14-18-8-6-7-9-21(18)36)15-23(37)35-12-10-17(11-13-35)28-33-25-20(27(32)34-28)16-22(39-4)26(40-5)24(25)31/h10,16,18-19,21H,6-9,11-15H2,1-5H3,(H2,32,33,34)/t18-,19-,21-/m0/s1. The number of likely N-dealkylation sites (tertiary alicyclic amines) is 1. The molecule has 3 aliphatic rings. The lowest BCUT2D eigenvalue weighted by atomic mass is 9.84. The molecule has 10 nitrogen and oxygen atoms in total. The lowest BCUT2D eigenvalue weighted by Gasteiger charge is -2.35. The van der Waals surface area contributed by atoms with Gasteiger partial charge in [0.2, 0.25) is 5.91 Å². The van der Waals surface area contributed by atoms with Gasteiger partial charge in [0.15, 0.2) is 23.1 Å². The van der Waals surface area contributed by atoms with Gasteiger partial charge in [-0.1, -0.05) is 18.9 Å². The van der Waals surface area contributed by atoms with Crippen molar-refractivity contribution in [2.45, 2.75) is 83.4 Å². The van der Waals surface area contributed by atoms with Crippen LogP contribution in [0.2, 0.25) is 0 Å². The zero-order chi connectivity index (χ0) is 29.5. The molecule has 1 aliphatic carbocycles. The summed E-state index contributed by atoms with van der Waals surface area (Å²) in [5.74, 6) is 0.357. The number of halogens is 1. The maximum absolute atomic E-state index is 15.2. The number of carbonyl (C=O) groups is 2. The molecular formula is C30H40FN5O5. The van der Waals surface area contributed by atoms with Crippen LogP contribution in [0, 0.1) is 11.7 Å². The molecule has 1 saturated carbocycles. The average molecular weight is 570 g/mol. The Kier molecular flexibility index (Phi) is 7.98. The summed E-state index contributed by atoms with van der Waals surface area (Å²) < 4.78 is 31.4. The van der Waals surface area contributed by atoms with Gasteiger partial charge < -0.3 is 29.7 Å². The maximum atomic E-state index is 15.2. The van der Waals surface area contributed by atoms with Crippen LogP contribution in [0.15, 0.2) is 12.1 Å². The number of benzene rings is 1. The Morgan fingerprint density at radius 1 is 1.15 bits per heavy atom. The van der Waals surface area contributed by atoms with Crippen molar-refractivity contribution in [2.24, 2.45) is 5.92 Å². The smallest absolute Gasteiger partial charge is 0.410 e. The first kappa shape index (κ1) is 28.9. The van der Waals surface area contributed by atoms with Crippen LogP contribution < -0.4 is 15.2 Å². The summed E-state index contributed by atoms with van der Waals surface area (Å²) in [6.45, 7) is 6.44. The van der Waals surface area contributed by atoms with Crippen LogP contribution >= 0.6 is 0 Å². The number of methoxy groups -OCH3 is 2. The van der Waals surface area contributed by atoms with Gasteiger partial charge in [0.05, 0.1) is 14.2 Å². The monoisotopic (exact) mass is 569 g/mol. The number of carbonyl (C=O) groups excluding carboxylic acids is 2. The van der Waals surface area contributed by atoms with Crippen LogP contribution in [0.5, 0.6) is 11.5 Å². The van der Waals surface area contributed by atoms with Crippen molar-refractivity contribution in [3.05, 3.63) is 23.8 Å². The third-order valence-electron chi connectivity index (χ3n) is 8.36. The molecule has 11 heteroatoms. The topological polar surface area (TPSA) is 120 Å². The molecule has 1 aromatic heterocycles. The molecule has 0 bridgehead atoms. The molecule has 2 fully saturated rings. The number of rotatable bonds is 5. The minimum atomic E-state index is -0.669. The molecule has 5 rings (SSSR count). The maximum Gasteiger partial charge on any atom is 0.410 e. The first-order valence-electron chi connectivity index (χ1n) is 14.4. The Morgan fingerprint density at radius 3 is 2.56 bits per heavy atom. The molecule has 1 saturated heterocycles. The fourth-order valence-electron chi connectivity index (χ4n) is 6.47. The molecule has 0 radical (unpaired) electrons. The molecule has 3 atom stereocenters. The predicted molar refractivity (Wildman–Crippen MR) is 153 cm³/mol. The van der Waals surface area contributed by atoms with Crippen LogP contribution in [0.1, 0.15) is 71.5 Å². The lowest BCUT2D eigenvalue weighted by Crippen LogP contribution is -2.47. The van der Waals surface area contributed by atoms with Crippen LogP contribution in [0.25, 0.3) is 16.5 Å². The number of amides is 2. The number of anilines is 1. The summed E-state index contributed by atoms with van der Waals surface area (Å²) in [5, 5.41) is 0.337. The largest absolute Gasteiger partial charge is 0.493 e. The number of ether oxygens (including phenoxy) is 3. The van der Waals surface area contributed by atoms with E-state index in [9.17, 15) is 9.59 Å². The number of hydrogen-bond acceptors (Lipinski definition) is 8. The van der Waals surface area contributed by atoms with Gasteiger partial charge in [-0.2, -0.15) is 0 Å². The zero-order valence-electron chi connectivity index (χ0n) is 24.5. The van der Waals surface area contributed by atoms with Crippen molar-refractivity contribution in [2.75, 3.05) is 33.0 Å². The molecule has 0 unspecified atom stereocenters. The number of nitrogens with zero attached hydrogens (tertiary/aromatic N) is 4. The number of hydrogen-bond donors (Lipinski definition) is 1. The quantitative estimate of drug-likeness (QED) is 0.538. The molecular weight excluding hydrogens is 529 g/mol. The van der Waals surface area contributed by atoms with E-state index in [4.69, 9.17) is 19.9 Å². The fourth-order valence-corrected chi connectivity index (χ4v) is 6.47. The van der Waals surface area contributed by atoms with Gasteiger partial charge in [0.1, 0.15) is 16.9 Å². The Morgan fingerprint density at radius 2 is 1.90 bits per heavy atom. The second kappa shape index (κ2) is 11.3. The van der Waals surface area contributed by atoms with Crippen molar-refractivity contribution in [3.8, 4) is 11.5 Å². The summed E-state index contributed by atoms with van der Waals surface area (Å²) in [6.07, 6.45) is 7.45. The number of nitrogens with two attached hydrogens (primary N) is 1. The van der Waals surface area contributed by atoms with Crippen LogP contribution in [0.4, 0.5) is 15.0 Å². The first-order valence-corrected chi connectivity index (χ1v) is 14.4. The molecule has 41 heavy (non-hydrogen) atoms. The Balaban J connectivity index is 1.31. The first-order chi connectivity index (χ1) is 19.5. The summed E-state index contributed by atoms with van der Waals surface area (Å²) in [5.41, 5.74) is 6.44. The minimum absolute atomic E-state index is 0.000625. The van der Waals surface area contributed by atoms with E-state index in [0.29, 0.717) is 36.6 Å². The average Bonchev–Trinajstić information content (AvgIpc) is 3.30. The third-order valence-corrected chi connectivity index (χ3v) is 8.36. The normalized spacial score (nSPS) is 22.8. The van der Waals surface area contributed by atoms with Gasteiger partial charge >= 0.3 is 6.09 Å². The highest BCUT2D eigenvalue weighted by Crippen LogP contribution is 2.42. The number of aromatic nitrogens is 2. The van der Waals surface area contributed by atoms with Crippen molar-refractivity contribution in [3.63, 3.8) is 0 Å². The second-order valence-electron chi connectivity index (χ2n) is 12.2. The Hall–Kier alpha value is -3.63.